The third kappa shape index (κ3) is 3.08. The highest BCUT2D eigenvalue weighted by Gasteiger charge is 2.33. The molecule has 1 amide bonds. The monoisotopic (exact) mass is 365 g/mol. The Morgan fingerprint density at radius 1 is 0.960 bits per heavy atom. The molecule has 1 fully saturated rings. The largest absolute Gasteiger partial charge is 0.270 e. The summed E-state index contributed by atoms with van der Waals surface area (Å²) < 4.78 is 13.5. The Bertz CT molecular complexity index is 1030. The van der Waals surface area contributed by atoms with Crippen molar-refractivity contribution >= 4 is 56.7 Å². The van der Waals surface area contributed by atoms with E-state index in [0.29, 0.717) is 9.23 Å². The quantitative estimate of drug-likeness (QED) is 0.449. The van der Waals surface area contributed by atoms with E-state index < -0.39 is 0 Å². The smallest absolute Gasteiger partial charge is 0.268 e. The lowest BCUT2D eigenvalue weighted by molar-refractivity contribution is -0.113. The van der Waals surface area contributed by atoms with Crippen molar-refractivity contribution in [2.75, 3.05) is 4.90 Å². The van der Waals surface area contributed by atoms with E-state index in [4.69, 9.17) is 12.2 Å². The average molecular weight is 365 g/mol. The van der Waals surface area contributed by atoms with Crippen LogP contribution in [0.15, 0.2) is 71.6 Å². The second-order valence-corrected chi connectivity index (χ2v) is 7.28. The van der Waals surface area contributed by atoms with E-state index in [1.54, 1.807) is 23.1 Å². The molecule has 122 valence electrons. The second-order valence-electron chi connectivity index (χ2n) is 5.60. The fourth-order valence-electron chi connectivity index (χ4n) is 2.72. The predicted octanol–water partition coefficient (Wildman–Crippen LogP) is 5.38. The zero-order chi connectivity index (χ0) is 17.4. The van der Waals surface area contributed by atoms with Crippen molar-refractivity contribution in [3.63, 3.8) is 0 Å². The summed E-state index contributed by atoms with van der Waals surface area (Å²) in [6, 6.07) is 19.8. The lowest BCUT2D eigenvalue weighted by Gasteiger charge is -2.15. The summed E-state index contributed by atoms with van der Waals surface area (Å²) in [7, 11) is 0. The van der Waals surface area contributed by atoms with Crippen LogP contribution in [0.25, 0.3) is 16.8 Å². The number of fused-ring (bicyclic) bond motifs is 1. The van der Waals surface area contributed by atoms with Crippen LogP contribution in [-0.4, -0.2) is 10.2 Å². The molecule has 1 aliphatic heterocycles. The maximum absolute atomic E-state index is 13.0. The lowest BCUT2D eigenvalue weighted by Crippen LogP contribution is -2.27. The Morgan fingerprint density at radius 3 is 2.44 bits per heavy atom. The Labute approximate surface area is 154 Å². The number of anilines is 1. The third-order valence-electron chi connectivity index (χ3n) is 3.95. The Morgan fingerprint density at radius 2 is 1.68 bits per heavy atom. The summed E-state index contributed by atoms with van der Waals surface area (Å²) in [6.45, 7) is 0. The predicted molar refractivity (Wildman–Crippen MR) is 106 cm³/mol. The molecule has 0 atom stereocenters. The lowest BCUT2D eigenvalue weighted by atomic mass is 10.1. The van der Waals surface area contributed by atoms with Gasteiger partial charge in [0.25, 0.3) is 5.91 Å². The molecule has 0 saturated carbocycles. The van der Waals surface area contributed by atoms with Gasteiger partial charge in [0.15, 0.2) is 4.32 Å². The van der Waals surface area contributed by atoms with E-state index in [0.717, 1.165) is 22.0 Å². The van der Waals surface area contributed by atoms with E-state index in [9.17, 15) is 9.18 Å². The van der Waals surface area contributed by atoms with Gasteiger partial charge in [0.05, 0.1) is 10.6 Å². The van der Waals surface area contributed by atoms with Gasteiger partial charge in [0.1, 0.15) is 5.82 Å². The molecule has 0 N–H and O–H groups in total. The van der Waals surface area contributed by atoms with Crippen LogP contribution in [0.4, 0.5) is 10.1 Å². The van der Waals surface area contributed by atoms with Crippen molar-refractivity contribution in [3.8, 4) is 0 Å². The maximum atomic E-state index is 13.0. The average Bonchev–Trinajstić information content (AvgIpc) is 2.90. The Kier molecular flexibility index (Phi) is 4.11. The molecule has 2 nitrogen and oxygen atoms in total. The number of halogens is 1. The topological polar surface area (TPSA) is 20.3 Å². The van der Waals surface area contributed by atoms with Gasteiger partial charge >= 0.3 is 0 Å². The molecule has 1 heterocycles. The van der Waals surface area contributed by atoms with Gasteiger partial charge in [-0.05, 0) is 46.7 Å². The van der Waals surface area contributed by atoms with Crippen LogP contribution in [0.5, 0.6) is 0 Å². The van der Waals surface area contributed by atoms with E-state index in [-0.39, 0.29) is 11.7 Å². The first-order valence-corrected chi connectivity index (χ1v) is 8.87. The summed E-state index contributed by atoms with van der Waals surface area (Å²) in [5.41, 5.74) is 1.52. The van der Waals surface area contributed by atoms with Crippen molar-refractivity contribution in [1.29, 1.82) is 0 Å². The molecule has 5 heteroatoms. The number of carbonyl (C=O) groups excluding carboxylic acids is 1. The minimum atomic E-state index is -0.305. The highest BCUT2D eigenvalue weighted by Crippen LogP contribution is 2.36. The van der Waals surface area contributed by atoms with Gasteiger partial charge in [-0.15, -0.1) is 0 Å². The molecule has 3 aromatic carbocycles. The number of rotatable bonds is 2. The van der Waals surface area contributed by atoms with Gasteiger partial charge in [-0.3, -0.25) is 9.69 Å². The zero-order valence-corrected chi connectivity index (χ0v) is 14.6. The van der Waals surface area contributed by atoms with Crippen LogP contribution in [0.3, 0.4) is 0 Å². The first-order valence-electron chi connectivity index (χ1n) is 7.64. The minimum Gasteiger partial charge on any atom is -0.268 e. The Balaban J connectivity index is 1.69. The van der Waals surface area contributed by atoms with Gasteiger partial charge in [-0.25, -0.2) is 4.39 Å². The van der Waals surface area contributed by atoms with Crippen LogP contribution >= 0.6 is 24.0 Å². The van der Waals surface area contributed by atoms with Crippen molar-refractivity contribution in [2.45, 2.75) is 0 Å². The number of thioether (sulfide) groups is 1. The summed E-state index contributed by atoms with van der Waals surface area (Å²) in [6.07, 6.45) is 1.74. The fraction of sp³-hybridized carbons (Fsp3) is 0. The number of hydrogen-bond acceptors (Lipinski definition) is 3. The maximum Gasteiger partial charge on any atom is 0.270 e. The van der Waals surface area contributed by atoms with Crippen LogP contribution in [0, 0.1) is 5.82 Å². The van der Waals surface area contributed by atoms with Gasteiger partial charge in [-0.1, -0.05) is 66.4 Å². The molecule has 0 aromatic heterocycles. The molecule has 0 radical (unpaired) electrons. The second kappa shape index (κ2) is 6.43. The van der Waals surface area contributed by atoms with Gasteiger partial charge < -0.3 is 0 Å². The van der Waals surface area contributed by atoms with Gasteiger partial charge in [-0.2, -0.15) is 0 Å². The van der Waals surface area contributed by atoms with Crippen molar-refractivity contribution < 1.29 is 9.18 Å². The summed E-state index contributed by atoms with van der Waals surface area (Å²) in [5.74, 6) is -0.463. The highest BCUT2D eigenvalue weighted by atomic mass is 32.2. The van der Waals surface area contributed by atoms with E-state index in [1.807, 2.05) is 42.5 Å². The summed E-state index contributed by atoms with van der Waals surface area (Å²) in [5, 5.41) is 2.16. The molecule has 4 rings (SSSR count). The van der Waals surface area contributed by atoms with E-state index in [2.05, 4.69) is 0 Å². The molecule has 0 bridgehead atoms. The Hall–Kier alpha value is -2.50. The zero-order valence-electron chi connectivity index (χ0n) is 13.0. The summed E-state index contributed by atoms with van der Waals surface area (Å²) >= 11 is 6.66. The molecule has 0 aliphatic carbocycles. The van der Waals surface area contributed by atoms with Gasteiger partial charge in [0, 0.05) is 0 Å². The van der Waals surface area contributed by atoms with Crippen LogP contribution < -0.4 is 4.90 Å². The number of hydrogen-bond donors (Lipinski definition) is 0. The normalized spacial score (nSPS) is 16.2. The van der Waals surface area contributed by atoms with E-state index in [1.165, 1.54) is 23.9 Å². The molecular weight excluding hydrogens is 353 g/mol. The van der Waals surface area contributed by atoms with Crippen molar-refractivity contribution in [3.05, 3.63) is 83.0 Å². The summed E-state index contributed by atoms with van der Waals surface area (Å²) in [4.78, 5) is 14.9. The standard InChI is InChI=1S/C20H12FNOS2/c21-16-8-5-13(6-9-16)11-18-19(23)22(20(24)25-18)17-10-7-14-3-1-2-4-15(14)12-17/h1-12H. The number of benzene rings is 3. The first kappa shape index (κ1) is 16.0. The number of thiocarbonyl (C=S) groups is 1. The first-order chi connectivity index (χ1) is 12.1. The SMILES string of the molecule is O=C1C(=Cc2ccc(F)cc2)SC(=S)N1c1ccc2ccccc2c1. The van der Waals surface area contributed by atoms with Crippen LogP contribution in [0.1, 0.15) is 5.56 Å². The van der Waals surface area contributed by atoms with Crippen LogP contribution in [0.2, 0.25) is 0 Å². The molecule has 1 saturated heterocycles. The highest BCUT2D eigenvalue weighted by molar-refractivity contribution is 8.27. The molecule has 0 unspecified atom stereocenters. The molecular formula is C20H12FNOS2. The molecule has 25 heavy (non-hydrogen) atoms. The third-order valence-corrected chi connectivity index (χ3v) is 5.25. The molecule has 1 aliphatic rings. The van der Waals surface area contributed by atoms with E-state index >= 15 is 0 Å². The van der Waals surface area contributed by atoms with Gasteiger partial charge in [0.2, 0.25) is 0 Å². The minimum absolute atomic E-state index is 0.158. The molecule has 0 spiro atoms. The number of nitrogens with zero attached hydrogens (tertiary/aromatic N) is 1. The van der Waals surface area contributed by atoms with Crippen molar-refractivity contribution in [2.24, 2.45) is 0 Å². The fourth-order valence-corrected chi connectivity index (χ4v) is 4.02. The number of carbonyl (C=O) groups is 1. The van der Waals surface area contributed by atoms with Crippen LogP contribution in [-0.2, 0) is 4.79 Å². The molecule has 3 aromatic rings. The van der Waals surface area contributed by atoms with Crippen molar-refractivity contribution in [1.82, 2.24) is 0 Å². The number of amides is 1.